The lowest BCUT2D eigenvalue weighted by Gasteiger charge is -2.18. The van der Waals surface area contributed by atoms with Crippen molar-refractivity contribution < 1.29 is 105 Å². The average Bonchev–Trinajstić information content (AvgIpc) is 1.65. The number of Topliss-reactive ketones (excluding diaryl/α,β-unsaturated/α-hetero) is 2. The maximum absolute atomic E-state index is 12.9. The Morgan fingerprint density at radius 2 is 0.640 bits per heavy atom. The second kappa shape index (κ2) is 39.3. The summed E-state index contributed by atoms with van der Waals surface area (Å²) in [6.45, 7) is 5.30. The summed E-state index contributed by atoms with van der Waals surface area (Å²) >= 11 is 0. The molecular weight excluding hydrogens is 1600 g/mol. The quantitative estimate of drug-likeness (QED) is 0.0265. The van der Waals surface area contributed by atoms with Gasteiger partial charge in [-0.25, -0.2) is 0 Å². The summed E-state index contributed by atoms with van der Waals surface area (Å²) in [5, 5.41) is 18.1. The summed E-state index contributed by atoms with van der Waals surface area (Å²) in [7, 11) is 3.18. The normalized spacial score (nSPS) is 26.7. The zero-order chi connectivity index (χ0) is 86.0. The summed E-state index contributed by atoms with van der Waals surface area (Å²) < 4.78 is 81.2. The number of nitrogens with one attached hydrogen (secondary N) is 6. The van der Waals surface area contributed by atoms with E-state index in [-0.39, 0.29) is 156 Å². The fraction of sp³-hybridized carbons (Fsp3) is 0.427. The number of hydrogen-bond donors (Lipinski definition) is 6. The number of rotatable bonds is 28. The van der Waals surface area contributed by atoms with E-state index in [2.05, 4.69) is 36.9 Å². The number of nitrogens with zero attached hydrogens (tertiary/aromatic N) is 1. The molecule has 0 bridgehead atoms. The number of ketones is 2. The molecule has 654 valence electrons. The minimum Gasteiger partial charge on any atom is -0.497 e. The van der Waals surface area contributed by atoms with E-state index in [1.807, 2.05) is 73.7 Å². The van der Waals surface area contributed by atoms with Gasteiger partial charge in [0.1, 0.15) is 94.2 Å². The van der Waals surface area contributed by atoms with Gasteiger partial charge >= 0.3 is 0 Å². The van der Waals surface area contributed by atoms with E-state index in [9.17, 15) is 38.4 Å². The molecule has 12 aliphatic rings. The molecule has 16 atom stereocenters. The lowest BCUT2D eigenvalue weighted by atomic mass is 9.94. The van der Waals surface area contributed by atoms with E-state index in [4.69, 9.17) is 66.3 Å². The Labute approximate surface area is 723 Å². The Morgan fingerprint density at radius 3 is 1.02 bits per heavy atom. The minimum absolute atomic E-state index is 0.0715. The number of carbonyl (C=O) groups is 8. The number of pyridine rings is 1. The van der Waals surface area contributed by atoms with Crippen molar-refractivity contribution in [3.05, 3.63) is 222 Å². The number of aryl methyl sites for hydroxylation is 1. The summed E-state index contributed by atoms with van der Waals surface area (Å²) in [6.07, 6.45) is 10.5. The van der Waals surface area contributed by atoms with Crippen LogP contribution in [0.2, 0.25) is 0 Å². The highest BCUT2D eigenvalue weighted by Crippen LogP contribution is 2.42. The molecule has 8 aromatic rings. The molecular formula is C96H103N7O22. The number of methoxy groups -OCH3 is 2. The van der Waals surface area contributed by atoms with E-state index in [1.165, 1.54) is 0 Å². The van der Waals surface area contributed by atoms with Gasteiger partial charge in [0.2, 0.25) is 11.8 Å². The number of amides is 6. The first-order chi connectivity index (χ1) is 61.0. The van der Waals surface area contributed by atoms with E-state index >= 15 is 0 Å². The van der Waals surface area contributed by atoms with Crippen LogP contribution in [0.5, 0.6) is 57.5 Å². The molecule has 0 spiro atoms. The van der Waals surface area contributed by atoms with Crippen LogP contribution in [-0.4, -0.2) is 204 Å². The van der Waals surface area contributed by atoms with Crippen molar-refractivity contribution >= 4 is 47.0 Å². The largest absolute Gasteiger partial charge is 0.497 e. The fourth-order valence-electron chi connectivity index (χ4n) is 16.9. The number of hydrogen-bond acceptors (Lipinski definition) is 23. The molecule has 9 heterocycles. The zero-order valence-corrected chi connectivity index (χ0v) is 69.7. The van der Waals surface area contributed by atoms with Crippen LogP contribution in [0.4, 0.5) is 0 Å². The molecule has 6 amide bonds. The van der Waals surface area contributed by atoms with Crippen LogP contribution in [0.15, 0.2) is 194 Å². The van der Waals surface area contributed by atoms with Crippen LogP contribution in [0.3, 0.4) is 0 Å². The second-order valence-corrected chi connectivity index (χ2v) is 33.7. The minimum atomic E-state index is -0.283. The first-order valence-electron chi connectivity index (χ1n) is 43.1. The van der Waals surface area contributed by atoms with E-state index in [1.54, 1.807) is 142 Å². The first-order valence-corrected chi connectivity index (χ1v) is 43.1. The highest BCUT2D eigenvalue weighted by molar-refractivity contribution is 5.97. The van der Waals surface area contributed by atoms with Gasteiger partial charge in [-0.2, -0.15) is 0 Å². The first kappa shape index (κ1) is 85.5. The predicted molar refractivity (Wildman–Crippen MR) is 451 cm³/mol. The van der Waals surface area contributed by atoms with Gasteiger partial charge in [0.25, 0.3) is 23.6 Å². The number of benzene rings is 7. The van der Waals surface area contributed by atoms with Crippen molar-refractivity contribution in [2.75, 3.05) is 67.1 Å². The highest BCUT2D eigenvalue weighted by atomic mass is 16.6. The van der Waals surface area contributed by atoms with Gasteiger partial charge < -0.3 is 98.2 Å². The van der Waals surface area contributed by atoms with Crippen molar-refractivity contribution in [3.63, 3.8) is 0 Å². The lowest BCUT2D eigenvalue weighted by Crippen LogP contribution is -2.47. The molecule has 20 rings (SSSR count). The molecule has 7 aromatic carbocycles. The Hall–Kier alpha value is -11.7. The average molecular weight is 1710 g/mol. The molecule has 1 aromatic heterocycles. The van der Waals surface area contributed by atoms with Crippen molar-refractivity contribution in [3.8, 4) is 57.5 Å². The van der Waals surface area contributed by atoms with Gasteiger partial charge in [0.05, 0.1) is 122 Å². The monoisotopic (exact) mass is 1710 g/mol. The third-order valence-corrected chi connectivity index (χ3v) is 24.3. The molecule has 4 aliphatic carbocycles. The molecule has 29 heteroatoms. The molecule has 8 aliphatic heterocycles. The predicted octanol–water partition coefficient (Wildman–Crippen LogP) is 11.0. The summed E-state index contributed by atoms with van der Waals surface area (Å²) in [5.74, 6) is 6.94. The highest BCUT2D eigenvalue weighted by Gasteiger charge is 2.54. The summed E-state index contributed by atoms with van der Waals surface area (Å²) in [4.78, 5) is 104. The van der Waals surface area contributed by atoms with Crippen LogP contribution in [-0.2, 0) is 57.1 Å². The molecule has 29 nitrogen and oxygen atoms in total. The van der Waals surface area contributed by atoms with Crippen molar-refractivity contribution in [1.82, 2.24) is 36.9 Å². The Bertz CT molecular complexity index is 5180. The Balaban J connectivity index is 0.000000118. The maximum Gasteiger partial charge on any atom is 0.251 e. The fourth-order valence-corrected chi connectivity index (χ4v) is 16.9. The van der Waals surface area contributed by atoms with Crippen LogP contribution >= 0.6 is 0 Å². The number of ether oxygens (including phenoxy) is 14. The van der Waals surface area contributed by atoms with Gasteiger partial charge in [0, 0.05) is 82.9 Å². The van der Waals surface area contributed by atoms with Crippen molar-refractivity contribution in [2.45, 2.75) is 156 Å². The van der Waals surface area contributed by atoms with Gasteiger partial charge in [-0.15, -0.1) is 0 Å². The lowest BCUT2D eigenvalue weighted by molar-refractivity contribution is -0.124. The third kappa shape index (κ3) is 21.6. The van der Waals surface area contributed by atoms with Gasteiger partial charge in [-0.05, 0) is 180 Å². The number of fused-ring (bicyclic) bond motifs is 4. The Kier molecular flexibility index (Phi) is 26.8. The smallest absolute Gasteiger partial charge is 0.251 e. The molecule has 12 fully saturated rings. The topological polar surface area (TPSA) is 351 Å². The molecule has 4 saturated carbocycles. The van der Waals surface area contributed by atoms with Crippen LogP contribution < -0.4 is 60.3 Å². The van der Waals surface area contributed by atoms with E-state index in [0.717, 1.165) is 62.7 Å². The summed E-state index contributed by atoms with van der Waals surface area (Å²) in [6, 6.07) is 52.7. The number of carbonyl (C=O) groups excluding carboxylic acids is 8. The Morgan fingerprint density at radius 1 is 0.312 bits per heavy atom. The van der Waals surface area contributed by atoms with Crippen LogP contribution in [0.1, 0.15) is 111 Å². The third-order valence-electron chi connectivity index (χ3n) is 24.3. The number of aromatic nitrogens is 1. The van der Waals surface area contributed by atoms with Gasteiger partial charge in [0.15, 0.2) is 11.5 Å². The molecule has 125 heavy (non-hydrogen) atoms. The second-order valence-electron chi connectivity index (χ2n) is 33.7. The molecule has 6 N–H and O–H groups in total. The zero-order valence-electron chi connectivity index (χ0n) is 69.7. The SMILES string of the molecule is COc1cccc(Oc2cccc(C(=O)NC3COC4C3OC[C@@H]4NC(=O)C3CC3)c2)c1.COc1ccccc1Oc1cccc(C(=O)NC2COC3C2OC[C@@H]3NC(=O)C2CC2)c1.Cc1ccc(Oc2cccc(C(=O)NC3COC4C3OC[C@@H]4CC(=O)C3CC3)c2)cc1.O=C(NC1COC2C1OC[C@@H]2CC(=O)C1CC1)c1cccc(Oc2cccnc2)c1. The molecule has 8 saturated heterocycles. The van der Waals surface area contributed by atoms with Crippen LogP contribution in [0, 0.1) is 42.4 Å². The van der Waals surface area contributed by atoms with E-state index < -0.39 is 0 Å². The van der Waals surface area contributed by atoms with Gasteiger partial charge in [-0.1, -0.05) is 60.2 Å². The van der Waals surface area contributed by atoms with E-state index in [0.29, 0.717) is 151 Å². The van der Waals surface area contributed by atoms with Crippen LogP contribution in [0.25, 0.3) is 0 Å². The maximum atomic E-state index is 12.9. The summed E-state index contributed by atoms with van der Waals surface area (Å²) in [5.41, 5.74) is 3.12. The number of para-hydroxylation sites is 2. The molecule has 0 radical (unpaired) electrons. The van der Waals surface area contributed by atoms with Crippen molar-refractivity contribution in [2.24, 2.45) is 35.5 Å². The molecule has 12 unspecified atom stereocenters. The standard InChI is InChI=1S/C25H27NO5.2C24H26N2O6.C23H24N2O5/c1-15-5-9-19(10-6-15)31-20-4-2-3-17(11-20)25(28)26-21-14-30-23-18(13-29-24(21)23)12-22(27)16-7-8-16;1-29-16-5-3-7-18(11-16)32-17-6-2-4-15(10-17)24(28)26-20-13-31-21-19(12-30-22(20)21)25-23(27)14-8-9-14;1-29-19-7-2-3-8-20(19)32-16-6-4-5-15(11-16)24(28)26-18-13-31-21-17(12-30-22(18)21)25-23(27)14-9-10-14;26-20(14-6-7-14)10-16-12-28-22-19(13-29-21(16)22)25-23(27)15-3-1-4-17(9-15)30-18-5-2-8-24-11-18/h2-6,9-11,16,18,21,23-24H,7-8,12-14H2,1H3,(H,26,28);2-7,10-11,14,19-22H,8-9,12-13H2,1H3,(H,25,27)(H,26,28);2-8,11,14,17-18,21-22H,9-10,12-13H2,1H3,(H,25,27)(H,26,28);1-5,8-9,11,14,16,19,21-22H,6-7,10,12-13H2,(H,25,27)/t18-,21?,23?,24?;19-,20?,21?,22?;17-,18?,21?,22?;16-,19?,21?,22?/m0000/s1. The van der Waals surface area contributed by atoms with Gasteiger partial charge in [-0.3, -0.25) is 43.3 Å². The van der Waals surface area contributed by atoms with Crippen molar-refractivity contribution in [1.29, 1.82) is 0 Å².